The molecular formula is C11H14N2O4. The number of hydrogen-bond donors (Lipinski definition) is 2. The summed E-state index contributed by atoms with van der Waals surface area (Å²) in [6, 6.07) is 4.03. The zero-order valence-electron chi connectivity index (χ0n) is 9.47. The average molecular weight is 238 g/mol. The fraction of sp³-hybridized carbons (Fsp3) is 0.364. The fourth-order valence-electron chi connectivity index (χ4n) is 1.35. The van der Waals surface area contributed by atoms with E-state index in [1.807, 2.05) is 6.92 Å². The number of aliphatic hydroxyl groups excluding tert-OH is 1. The van der Waals surface area contributed by atoms with E-state index in [0.717, 1.165) is 6.42 Å². The van der Waals surface area contributed by atoms with Crippen LogP contribution >= 0.6 is 0 Å². The van der Waals surface area contributed by atoms with Crippen LogP contribution in [0, 0.1) is 10.1 Å². The number of rotatable bonds is 5. The van der Waals surface area contributed by atoms with Crippen LogP contribution in [0.25, 0.3) is 0 Å². The van der Waals surface area contributed by atoms with Gasteiger partial charge in [0.05, 0.1) is 17.1 Å². The molecular weight excluding hydrogens is 224 g/mol. The summed E-state index contributed by atoms with van der Waals surface area (Å²) in [5.74, 6) is -0.348. The van der Waals surface area contributed by atoms with Crippen molar-refractivity contribution in [2.24, 2.45) is 0 Å². The summed E-state index contributed by atoms with van der Waals surface area (Å²) >= 11 is 0. The van der Waals surface area contributed by atoms with Gasteiger partial charge in [-0.05, 0) is 18.6 Å². The maximum Gasteiger partial charge on any atom is 0.275 e. The van der Waals surface area contributed by atoms with E-state index >= 15 is 0 Å². The molecule has 0 radical (unpaired) electrons. The third kappa shape index (κ3) is 3.25. The van der Waals surface area contributed by atoms with Crippen LogP contribution in [0.3, 0.4) is 0 Å². The van der Waals surface area contributed by atoms with E-state index in [-0.39, 0.29) is 22.7 Å². The van der Waals surface area contributed by atoms with Crippen LogP contribution in [-0.2, 0) is 6.61 Å². The Morgan fingerprint density at radius 1 is 1.53 bits per heavy atom. The van der Waals surface area contributed by atoms with Gasteiger partial charge in [-0.2, -0.15) is 0 Å². The summed E-state index contributed by atoms with van der Waals surface area (Å²) in [4.78, 5) is 21.7. The molecule has 0 aromatic heterocycles. The normalized spacial score (nSPS) is 10.0. The molecule has 1 aromatic carbocycles. The van der Waals surface area contributed by atoms with E-state index in [9.17, 15) is 14.9 Å². The van der Waals surface area contributed by atoms with Crippen LogP contribution in [0.4, 0.5) is 5.69 Å². The van der Waals surface area contributed by atoms with Crippen molar-refractivity contribution in [2.75, 3.05) is 6.54 Å². The van der Waals surface area contributed by atoms with Gasteiger partial charge in [0.15, 0.2) is 0 Å². The Balaban J connectivity index is 2.99. The molecule has 2 N–H and O–H groups in total. The van der Waals surface area contributed by atoms with Crippen molar-refractivity contribution in [1.82, 2.24) is 5.32 Å². The summed E-state index contributed by atoms with van der Waals surface area (Å²) in [7, 11) is 0. The highest BCUT2D eigenvalue weighted by Gasteiger charge is 2.16. The second-order valence-electron chi connectivity index (χ2n) is 3.51. The first-order chi connectivity index (χ1) is 8.10. The van der Waals surface area contributed by atoms with Crippen LogP contribution in [0.2, 0.25) is 0 Å². The van der Waals surface area contributed by atoms with Crippen molar-refractivity contribution in [3.63, 3.8) is 0 Å². The lowest BCUT2D eigenvalue weighted by molar-refractivity contribution is -0.385. The number of amides is 1. The quantitative estimate of drug-likeness (QED) is 0.596. The van der Waals surface area contributed by atoms with Crippen LogP contribution in [0.5, 0.6) is 0 Å². The van der Waals surface area contributed by atoms with Crippen molar-refractivity contribution in [1.29, 1.82) is 0 Å². The highest BCUT2D eigenvalue weighted by molar-refractivity contribution is 5.94. The molecule has 0 bridgehead atoms. The molecule has 0 saturated carbocycles. The largest absolute Gasteiger partial charge is 0.391 e. The lowest BCUT2D eigenvalue weighted by Gasteiger charge is -2.05. The molecule has 17 heavy (non-hydrogen) atoms. The minimum absolute atomic E-state index is 0.196. The Labute approximate surface area is 98.4 Å². The number of carbonyl (C=O) groups excluding carboxylic acids is 1. The van der Waals surface area contributed by atoms with Crippen molar-refractivity contribution in [3.05, 3.63) is 39.4 Å². The number of aliphatic hydroxyl groups is 1. The molecule has 92 valence electrons. The predicted molar refractivity (Wildman–Crippen MR) is 61.6 cm³/mol. The van der Waals surface area contributed by atoms with Gasteiger partial charge in [-0.1, -0.05) is 6.92 Å². The van der Waals surface area contributed by atoms with Crippen molar-refractivity contribution >= 4 is 11.6 Å². The minimum atomic E-state index is -0.609. The van der Waals surface area contributed by atoms with Crippen LogP contribution in [-0.4, -0.2) is 22.5 Å². The van der Waals surface area contributed by atoms with Crippen LogP contribution in [0.1, 0.15) is 29.3 Å². The van der Waals surface area contributed by atoms with E-state index in [4.69, 9.17) is 5.11 Å². The lowest BCUT2D eigenvalue weighted by atomic mass is 10.1. The highest BCUT2D eigenvalue weighted by atomic mass is 16.6. The van der Waals surface area contributed by atoms with E-state index in [1.54, 1.807) is 0 Å². The Bertz CT molecular complexity index is 431. The number of nitrogens with one attached hydrogen (secondary N) is 1. The maximum absolute atomic E-state index is 11.6. The molecule has 1 amide bonds. The molecule has 0 heterocycles. The second kappa shape index (κ2) is 5.95. The number of nitro groups is 1. The van der Waals surface area contributed by atoms with Crippen LogP contribution in [0.15, 0.2) is 18.2 Å². The molecule has 0 aliphatic heterocycles. The van der Waals surface area contributed by atoms with E-state index < -0.39 is 11.5 Å². The van der Waals surface area contributed by atoms with Gasteiger partial charge in [-0.25, -0.2) is 0 Å². The molecule has 6 nitrogen and oxygen atoms in total. The third-order valence-corrected chi connectivity index (χ3v) is 2.25. The maximum atomic E-state index is 11.6. The molecule has 0 fully saturated rings. The number of nitrogens with zero attached hydrogens (tertiary/aromatic N) is 1. The first-order valence-electron chi connectivity index (χ1n) is 5.26. The summed E-state index contributed by atoms with van der Waals surface area (Å²) in [5, 5.41) is 22.3. The minimum Gasteiger partial charge on any atom is -0.391 e. The first-order valence-corrected chi connectivity index (χ1v) is 5.26. The van der Waals surface area contributed by atoms with Gasteiger partial charge >= 0.3 is 0 Å². The standard InChI is InChI=1S/C11H14N2O4/c1-2-5-12-11(15)8-3-4-9(7-14)10(6-8)13(16)17/h3-4,6,14H,2,5,7H2,1H3,(H,12,15). The highest BCUT2D eigenvalue weighted by Crippen LogP contribution is 2.20. The van der Waals surface area contributed by atoms with E-state index in [0.29, 0.717) is 6.54 Å². The van der Waals surface area contributed by atoms with Crippen molar-refractivity contribution in [3.8, 4) is 0 Å². The number of benzene rings is 1. The van der Waals surface area contributed by atoms with Crippen molar-refractivity contribution < 1.29 is 14.8 Å². The summed E-state index contributed by atoms with van der Waals surface area (Å²) < 4.78 is 0. The molecule has 0 aliphatic carbocycles. The summed E-state index contributed by atoms with van der Waals surface area (Å²) in [6.45, 7) is 2.01. The molecule has 0 aliphatic rings. The Morgan fingerprint density at radius 3 is 2.76 bits per heavy atom. The zero-order chi connectivity index (χ0) is 12.8. The Kier molecular flexibility index (Phi) is 4.59. The summed E-state index contributed by atoms with van der Waals surface area (Å²) in [6.07, 6.45) is 0.794. The smallest absolute Gasteiger partial charge is 0.275 e. The third-order valence-electron chi connectivity index (χ3n) is 2.25. The second-order valence-corrected chi connectivity index (χ2v) is 3.51. The SMILES string of the molecule is CCCNC(=O)c1ccc(CO)c([N+](=O)[O-])c1. The zero-order valence-corrected chi connectivity index (χ0v) is 9.47. The molecule has 1 rings (SSSR count). The number of nitro benzene ring substituents is 1. The Hall–Kier alpha value is -1.95. The topological polar surface area (TPSA) is 92.5 Å². The van der Waals surface area contributed by atoms with Gasteiger partial charge in [0.25, 0.3) is 11.6 Å². The van der Waals surface area contributed by atoms with Gasteiger partial charge in [0.2, 0.25) is 0 Å². The van der Waals surface area contributed by atoms with Crippen LogP contribution < -0.4 is 5.32 Å². The molecule has 0 saturated heterocycles. The molecule has 6 heteroatoms. The molecule has 1 aromatic rings. The first kappa shape index (κ1) is 13.1. The molecule has 0 atom stereocenters. The van der Waals surface area contributed by atoms with Gasteiger partial charge in [0, 0.05) is 18.2 Å². The summed E-state index contributed by atoms with van der Waals surface area (Å²) in [5.41, 5.74) is 0.182. The van der Waals surface area contributed by atoms with Crippen molar-refractivity contribution in [2.45, 2.75) is 20.0 Å². The van der Waals surface area contributed by atoms with E-state index in [2.05, 4.69) is 5.32 Å². The van der Waals surface area contributed by atoms with Gasteiger partial charge < -0.3 is 10.4 Å². The average Bonchev–Trinajstić information content (AvgIpc) is 2.34. The lowest BCUT2D eigenvalue weighted by Crippen LogP contribution is -2.24. The number of carbonyl (C=O) groups is 1. The van der Waals surface area contributed by atoms with Gasteiger partial charge in [-0.3, -0.25) is 14.9 Å². The predicted octanol–water partition coefficient (Wildman–Crippen LogP) is 1.23. The van der Waals surface area contributed by atoms with Gasteiger partial charge in [0.1, 0.15) is 0 Å². The molecule has 0 unspecified atom stereocenters. The fourth-order valence-corrected chi connectivity index (χ4v) is 1.35. The van der Waals surface area contributed by atoms with Gasteiger partial charge in [-0.15, -0.1) is 0 Å². The monoisotopic (exact) mass is 238 g/mol. The molecule has 0 spiro atoms. The van der Waals surface area contributed by atoms with E-state index in [1.165, 1.54) is 18.2 Å². The number of hydrogen-bond acceptors (Lipinski definition) is 4. The Morgan fingerprint density at radius 2 is 2.24 bits per heavy atom.